The summed E-state index contributed by atoms with van der Waals surface area (Å²) in [6, 6.07) is 5.00. The fourth-order valence-corrected chi connectivity index (χ4v) is 1.61. The SMILES string of the molecule is C=C(Br)CNC(=O)Nc1ccc2nc(C)oc2c1. The van der Waals surface area contributed by atoms with Crippen LogP contribution in [-0.4, -0.2) is 17.6 Å². The summed E-state index contributed by atoms with van der Waals surface area (Å²) in [6.07, 6.45) is 0. The van der Waals surface area contributed by atoms with Crippen LogP contribution in [0.2, 0.25) is 0 Å². The van der Waals surface area contributed by atoms with Gasteiger partial charge < -0.3 is 15.1 Å². The highest BCUT2D eigenvalue weighted by Gasteiger charge is 2.05. The van der Waals surface area contributed by atoms with E-state index < -0.39 is 0 Å². The van der Waals surface area contributed by atoms with E-state index in [9.17, 15) is 4.79 Å². The molecule has 94 valence electrons. The molecule has 18 heavy (non-hydrogen) atoms. The molecule has 1 aromatic heterocycles. The van der Waals surface area contributed by atoms with Crippen molar-refractivity contribution >= 4 is 38.7 Å². The number of nitrogens with zero attached hydrogens (tertiary/aromatic N) is 1. The van der Waals surface area contributed by atoms with Gasteiger partial charge in [0.1, 0.15) is 5.52 Å². The molecule has 2 amide bonds. The van der Waals surface area contributed by atoms with E-state index >= 15 is 0 Å². The van der Waals surface area contributed by atoms with Gasteiger partial charge >= 0.3 is 6.03 Å². The highest BCUT2D eigenvalue weighted by Crippen LogP contribution is 2.19. The van der Waals surface area contributed by atoms with Crippen LogP contribution in [0.25, 0.3) is 11.1 Å². The average molecular weight is 310 g/mol. The van der Waals surface area contributed by atoms with Crippen LogP contribution in [0.1, 0.15) is 5.89 Å². The van der Waals surface area contributed by atoms with Gasteiger partial charge in [0.25, 0.3) is 0 Å². The number of anilines is 1. The maximum Gasteiger partial charge on any atom is 0.319 e. The summed E-state index contributed by atoms with van der Waals surface area (Å²) in [5.74, 6) is 0.599. The van der Waals surface area contributed by atoms with Crippen LogP contribution in [0.5, 0.6) is 0 Å². The van der Waals surface area contributed by atoms with Crippen LogP contribution in [0.4, 0.5) is 10.5 Å². The van der Waals surface area contributed by atoms with Crippen molar-refractivity contribution < 1.29 is 9.21 Å². The molecule has 1 aromatic carbocycles. The fourth-order valence-electron chi connectivity index (χ4n) is 1.47. The standard InChI is InChI=1S/C12H12BrN3O2/c1-7(13)6-14-12(17)16-9-3-4-10-11(5-9)18-8(2)15-10/h3-5H,1,6H2,2H3,(H2,14,16,17). The van der Waals surface area contributed by atoms with Crippen molar-refractivity contribution in [2.75, 3.05) is 11.9 Å². The van der Waals surface area contributed by atoms with Crippen LogP contribution < -0.4 is 10.6 Å². The molecule has 0 atom stereocenters. The zero-order chi connectivity index (χ0) is 13.1. The maximum atomic E-state index is 11.5. The van der Waals surface area contributed by atoms with E-state index in [1.165, 1.54) is 0 Å². The number of carbonyl (C=O) groups excluding carboxylic acids is 1. The number of hydrogen-bond donors (Lipinski definition) is 2. The number of nitrogens with one attached hydrogen (secondary N) is 2. The van der Waals surface area contributed by atoms with Crippen LogP contribution in [0.3, 0.4) is 0 Å². The second kappa shape index (κ2) is 5.22. The molecule has 2 aromatic rings. The monoisotopic (exact) mass is 309 g/mol. The Bertz CT molecular complexity index is 606. The van der Waals surface area contributed by atoms with Gasteiger partial charge in [-0.15, -0.1) is 0 Å². The molecule has 2 rings (SSSR count). The number of amides is 2. The molecule has 0 aliphatic rings. The number of benzene rings is 1. The second-order valence-electron chi connectivity index (χ2n) is 3.74. The molecule has 5 nitrogen and oxygen atoms in total. The molecule has 1 heterocycles. The lowest BCUT2D eigenvalue weighted by atomic mass is 10.3. The molecule has 0 fully saturated rings. The quantitative estimate of drug-likeness (QED) is 0.915. The molecule has 0 bridgehead atoms. The van der Waals surface area contributed by atoms with Gasteiger partial charge in [-0.2, -0.15) is 0 Å². The topological polar surface area (TPSA) is 67.2 Å². The molecular formula is C12H12BrN3O2. The normalized spacial score (nSPS) is 10.3. The van der Waals surface area contributed by atoms with Gasteiger partial charge in [-0.3, -0.25) is 0 Å². The summed E-state index contributed by atoms with van der Waals surface area (Å²) in [5, 5.41) is 5.34. The van der Waals surface area contributed by atoms with E-state index in [2.05, 4.69) is 38.1 Å². The Hall–Kier alpha value is -1.82. The number of hydrogen-bond acceptors (Lipinski definition) is 3. The first-order chi connectivity index (χ1) is 8.54. The third kappa shape index (κ3) is 3.10. The Morgan fingerprint density at radius 2 is 2.33 bits per heavy atom. The summed E-state index contributed by atoms with van der Waals surface area (Å²) in [5.41, 5.74) is 2.07. The van der Waals surface area contributed by atoms with E-state index in [1.807, 2.05) is 0 Å². The minimum atomic E-state index is -0.300. The second-order valence-corrected chi connectivity index (χ2v) is 4.86. The summed E-state index contributed by atoms with van der Waals surface area (Å²) in [6.45, 7) is 5.78. The Kier molecular flexibility index (Phi) is 3.66. The molecule has 0 aliphatic carbocycles. The van der Waals surface area contributed by atoms with E-state index in [1.54, 1.807) is 25.1 Å². The zero-order valence-corrected chi connectivity index (χ0v) is 11.4. The van der Waals surface area contributed by atoms with Gasteiger partial charge in [0, 0.05) is 23.2 Å². The number of rotatable bonds is 3. The predicted molar refractivity (Wildman–Crippen MR) is 73.8 cm³/mol. The Morgan fingerprint density at radius 3 is 3.06 bits per heavy atom. The number of fused-ring (bicyclic) bond motifs is 1. The average Bonchev–Trinajstić information content (AvgIpc) is 2.66. The minimum absolute atomic E-state index is 0.300. The van der Waals surface area contributed by atoms with E-state index in [-0.39, 0.29) is 6.03 Å². The van der Waals surface area contributed by atoms with Crippen molar-refractivity contribution in [3.63, 3.8) is 0 Å². The van der Waals surface area contributed by atoms with Crippen molar-refractivity contribution in [3.8, 4) is 0 Å². The Balaban J connectivity index is 2.07. The van der Waals surface area contributed by atoms with Gasteiger partial charge in [0.2, 0.25) is 0 Å². The van der Waals surface area contributed by atoms with E-state index in [0.29, 0.717) is 28.2 Å². The molecule has 0 radical (unpaired) electrons. The number of carbonyl (C=O) groups is 1. The van der Waals surface area contributed by atoms with Crippen LogP contribution >= 0.6 is 15.9 Å². The third-order valence-corrected chi connectivity index (χ3v) is 2.47. The van der Waals surface area contributed by atoms with Gasteiger partial charge in [0.15, 0.2) is 11.5 Å². The lowest BCUT2D eigenvalue weighted by Gasteiger charge is -2.06. The van der Waals surface area contributed by atoms with Crippen molar-refractivity contribution in [1.29, 1.82) is 0 Å². The highest BCUT2D eigenvalue weighted by molar-refractivity contribution is 9.11. The molecular weight excluding hydrogens is 298 g/mol. The summed E-state index contributed by atoms with van der Waals surface area (Å²) in [7, 11) is 0. The molecule has 0 saturated heterocycles. The van der Waals surface area contributed by atoms with Crippen molar-refractivity contribution in [2.45, 2.75) is 6.92 Å². The smallest absolute Gasteiger partial charge is 0.319 e. The van der Waals surface area contributed by atoms with Crippen LogP contribution in [0, 0.1) is 6.92 Å². The number of aryl methyl sites for hydroxylation is 1. The van der Waals surface area contributed by atoms with Gasteiger partial charge in [-0.05, 0) is 12.1 Å². The largest absolute Gasteiger partial charge is 0.441 e. The van der Waals surface area contributed by atoms with Crippen molar-refractivity contribution in [2.24, 2.45) is 0 Å². The highest BCUT2D eigenvalue weighted by atomic mass is 79.9. The maximum absolute atomic E-state index is 11.5. The van der Waals surface area contributed by atoms with Crippen LogP contribution in [0.15, 0.2) is 33.7 Å². The molecule has 0 aliphatic heterocycles. The zero-order valence-electron chi connectivity index (χ0n) is 9.79. The first kappa shape index (κ1) is 12.6. The lowest BCUT2D eigenvalue weighted by molar-refractivity contribution is 0.253. The van der Waals surface area contributed by atoms with E-state index in [4.69, 9.17) is 4.42 Å². The molecule has 6 heteroatoms. The van der Waals surface area contributed by atoms with Gasteiger partial charge in [0.05, 0.1) is 6.54 Å². The number of oxazole rings is 1. The van der Waals surface area contributed by atoms with Crippen LogP contribution in [-0.2, 0) is 0 Å². The number of aromatic nitrogens is 1. The third-order valence-electron chi connectivity index (χ3n) is 2.19. The van der Waals surface area contributed by atoms with E-state index in [0.717, 1.165) is 5.52 Å². The summed E-state index contributed by atoms with van der Waals surface area (Å²) < 4.78 is 6.09. The summed E-state index contributed by atoms with van der Waals surface area (Å²) >= 11 is 3.16. The van der Waals surface area contributed by atoms with Gasteiger partial charge in [-0.1, -0.05) is 22.5 Å². The minimum Gasteiger partial charge on any atom is -0.441 e. The molecule has 0 unspecified atom stereocenters. The first-order valence-electron chi connectivity index (χ1n) is 5.30. The number of halogens is 1. The fraction of sp³-hybridized carbons (Fsp3) is 0.167. The Morgan fingerprint density at radius 1 is 1.56 bits per heavy atom. The first-order valence-corrected chi connectivity index (χ1v) is 6.09. The lowest BCUT2D eigenvalue weighted by Crippen LogP contribution is -2.29. The van der Waals surface area contributed by atoms with Crippen molar-refractivity contribution in [3.05, 3.63) is 35.2 Å². The van der Waals surface area contributed by atoms with Gasteiger partial charge in [-0.25, -0.2) is 9.78 Å². The molecule has 0 saturated carbocycles. The summed E-state index contributed by atoms with van der Waals surface area (Å²) in [4.78, 5) is 15.7. The molecule has 0 spiro atoms. The predicted octanol–water partition coefficient (Wildman–Crippen LogP) is 3.17. The Labute approximate surface area is 112 Å². The number of urea groups is 1. The van der Waals surface area contributed by atoms with Crippen molar-refractivity contribution in [1.82, 2.24) is 10.3 Å². The molecule has 2 N–H and O–H groups in total.